The first-order chi connectivity index (χ1) is 12.3. The summed E-state index contributed by atoms with van der Waals surface area (Å²) in [6, 6.07) is 5.88. The number of hydrogen-bond acceptors (Lipinski definition) is 3. The number of anilines is 1. The molecule has 3 rings (SSSR count). The lowest BCUT2D eigenvalue weighted by Gasteiger charge is -2.10. The Morgan fingerprint density at radius 3 is 2.73 bits per heavy atom. The van der Waals surface area contributed by atoms with E-state index in [1.807, 2.05) is 4.72 Å². The van der Waals surface area contributed by atoms with Crippen LogP contribution >= 0.6 is 11.6 Å². The molecule has 0 radical (unpaired) electrons. The van der Waals surface area contributed by atoms with Crippen LogP contribution < -0.4 is 9.46 Å². The molecule has 2 aromatic carbocycles. The number of H-pyrrole nitrogens is 1. The van der Waals surface area contributed by atoms with Gasteiger partial charge in [0.05, 0.1) is 5.69 Å². The first-order valence-electron chi connectivity index (χ1n) is 7.06. The van der Waals surface area contributed by atoms with Gasteiger partial charge in [0.25, 0.3) is 10.0 Å². The van der Waals surface area contributed by atoms with Crippen molar-refractivity contribution in [1.82, 2.24) is 4.98 Å². The number of aromatic nitrogens is 1. The number of sulfonamides is 1. The largest absolute Gasteiger partial charge is 0.423 e. The number of ether oxygens (including phenoxy) is 1. The van der Waals surface area contributed by atoms with Gasteiger partial charge in [0.1, 0.15) is 4.90 Å². The van der Waals surface area contributed by atoms with Crippen LogP contribution in [0.25, 0.3) is 15.7 Å². The van der Waals surface area contributed by atoms with E-state index in [9.17, 15) is 17.2 Å². The zero-order chi connectivity index (χ0) is 18.9. The molecule has 6 nitrogen and oxygen atoms in total. The number of halogens is 3. The molecule has 0 spiro atoms. The summed E-state index contributed by atoms with van der Waals surface area (Å²) in [5.74, 6) is -2.53. The summed E-state index contributed by atoms with van der Waals surface area (Å²) < 4.78 is 59.9. The van der Waals surface area contributed by atoms with Gasteiger partial charge in [0.2, 0.25) is 0 Å². The van der Waals surface area contributed by atoms with Crippen LogP contribution in [0.1, 0.15) is 0 Å². The van der Waals surface area contributed by atoms with Gasteiger partial charge in [0.15, 0.2) is 17.4 Å². The fourth-order valence-corrected chi connectivity index (χ4v) is 3.72. The van der Waals surface area contributed by atoms with Crippen molar-refractivity contribution >= 4 is 38.2 Å². The summed E-state index contributed by atoms with van der Waals surface area (Å²) in [7, 11) is -4.20. The second-order valence-electron chi connectivity index (χ2n) is 5.14. The maximum atomic E-state index is 14.1. The molecule has 1 aromatic heterocycles. The van der Waals surface area contributed by atoms with Gasteiger partial charge in [-0.2, -0.15) is 0 Å². The normalized spacial score (nSPS) is 11.3. The molecule has 0 bridgehead atoms. The fourth-order valence-electron chi connectivity index (χ4n) is 2.31. The highest BCUT2D eigenvalue weighted by Gasteiger charge is 2.22. The average molecular weight is 398 g/mol. The standard InChI is InChI=1S/C16H10ClF2N3O3S/c1-20-8-25-15-6-11(18)14(5-12(15)19)22-26(23,24)16-7-21-13-4-9(17)2-3-10(13)16/h2-7,21-22H,8H2. The van der Waals surface area contributed by atoms with Crippen LogP contribution in [0.2, 0.25) is 5.02 Å². The molecule has 0 unspecified atom stereocenters. The lowest BCUT2D eigenvalue weighted by Crippen LogP contribution is -2.14. The van der Waals surface area contributed by atoms with Crippen molar-refractivity contribution in [2.45, 2.75) is 4.90 Å². The molecule has 0 saturated carbocycles. The Balaban J connectivity index is 1.97. The monoisotopic (exact) mass is 397 g/mol. The van der Waals surface area contributed by atoms with Gasteiger partial charge in [0, 0.05) is 34.3 Å². The molecule has 0 fully saturated rings. The van der Waals surface area contributed by atoms with Gasteiger partial charge in [-0.3, -0.25) is 9.57 Å². The molecular weight excluding hydrogens is 388 g/mol. The van der Waals surface area contributed by atoms with Crippen LogP contribution in [0, 0.1) is 18.2 Å². The maximum absolute atomic E-state index is 14.1. The Kier molecular flexibility index (Phi) is 4.71. The van der Waals surface area contributed by atoms with Crippen molar-refractivity contribution in [3.8, 4) is 5.75 Å². The van der Waals surface area contributed by atoms with Crippen LogP contribution in [0.5, 0.6) is 5.75 Å². The van der Waals surface area contributed by atoms with Crippen LogP contribution in [0.4, 0.5) is 14.5 Å². The zero-order valence-corrected chi connectivity index (χ0v) is 14.5. The van der Waals surface area contributed by atoms with E-state index in [2.05, 4.69) is 9.83 Å². The number of fused-ring (bicyclic) bond motifs is 1. The number of nitrogens with zero attached hydrogens (tertiary/aromatic N) is 1. The van der Waals surface area contributed by atoms with Gasteiger partial charge in [-0.1, -0.05) is 11.6 Å². The van der Waals surface area contributed by atoms with Gasteiger partial charge in [-0.25, -0.2) is 23.8 Å². The topological polar surface area (TPSA) is 75.5 Å². The number of rotatable bonds is 5. The molecule has 26 heavy (non-hydrogen) atoms. The molecule has 0 atom stereocenters. The molecule has 0 aliphatic heterocycles. The van der Waals surface area contributed by atoms with E-state index >= 15 is 0 Å². The third-order valence-corrected chi connectivity index (χ3v) is 5.09. The maximum Gasteiger partial charge on any atom is 0.357 e. The lowest BCUT2D eigenvalue weighted by molar-refractivity contribution is 0.337. The molecule has 0 aliphatic rings. The minimum Gasteiger partial charge on any atom is -0.423 e. The van der Waals surface area contributed by atoms with Gasteiger partial charge >= 0.3 is 6.73 Å². The minimum atomic E-state index is -4.20. The van der Waals surface area contributed by atoms with Crippen LogP contribution in [0.15, 0.2) is 41.4 Å². The predicted molar refractivity (Wildman–Crippen MR) is 92.6 cm³/mol. The summed E-state index contributed by atoms with van der Waals surface area (Å²) in [5, 5.41) is 0.763. The molecule has 10 heteroatoms. The quantitative estimate of drug-likeness (QED) is 0.635. The second kappa shape index (κ2) is 6.82. The smallest absolute Gasteiger partial charge is 0.357 e. The van der Waals surface area contributed by atoms with E-state index in [1.54, 1.807) is 6.07 Å². The van der Waals surface area contributed by atoms with Crippen molar-refractivity contribution in [2.75, 3.05) is 11.5 Å². The van der Waals surface area contributed by atoms with Crippen molar-refractivity contribution < 1.29 is 21.9 Å². The average Bonchev–Trinajstić information content (AvgIpc) is 3.00. The molecular formula is C16H10ClF2N3O3S. The number of nitrogens with one attached hydrogen (secondary N) is 2. The van der Waals surface area contributed by atoms with Crippen molar-refractivity contribution in [2.24, 2.45) is 0 Å². The third kappa shape index (κ3) is 3.42. The van der Waals surface area contributed by atoms with Crippen LogP contribution in [0.3, 0.4) is 0 Å². The number of benzene rings is 2. The van der Waals surface area contributed by atoms with Crippen LogP contribution in [-0.4, -0.2) is 20.1 Å². The Morgan fingerprint density at radius 2 is 2.00 bits per heavy atom. The fraction of sp³-hybridized carbons (Fsp3) is 0.0625. The molecule has 0 aliphatic carbocycles. The van der Waals surface area contributed by atoms with E-state index in [0.29, 0.717) is 28.1 Å². The highest BCUT2D eigenvalue weighted by Crippen LogP contribution is 2.30. The van der Waals surface area contributed by atoms with E-state index in [-0.39, 0.29) is 4.90 Å². The van der Waals surface area contributed by atoms with Crippen molar-refractivity contribution in [3.05, 3.63) is 64.6 Å². The first kappa shape index (κ1) is 18.0. The molecule has 134 valence electrons. The van der Waals surface area contributed by atoms with E-state index in [1.165, 1.54) is 18.3 Å². The predicted octanol–water partition coefficient (Wildman–Crippen LogP) is 4.16. The van der Waals surface area contributed by atoms with E-state index < -0.39 is 39.8 Å². The van der Waals surface area contributed by atoms with E-state index in [0.717, 1.165) is 0 Å². The summed E-state index contributed by atoms with van der Waals surface area (Å²) >= 11 is 5.85. The third-order valence-electron chi connectivity index (χ3n) is 3.45. The summed E-state index contributed by atoms with van der Waals surface area (Å²) in [6.07, 6.45) is 1.23. The second-order valence-corrected chi connectivity index (χ2v) is 7.23. The molecule has 0 amide bonds. The molecule has 1 heterocycles. The Labute approximate surface area is 152 Å². The van der Waals surface area contributed by atoms with Gasteiger partial charge < -0.3 is 9.72 Å². The van der Waals surface area contributed by atoms with Gasteiger partial charge in [-0.05, 0) is 18.2 Å². The summed E-state index contributed by atoms with van der Waals surface area (Å²) in [4.78, 5) is 5.48. The highest BCUT2D eigenvalue weighted by molar-refractivity contribution is 7.93. The first-order valence-corrected chi connectivity index (χ1v) is 8.92. The number of hydrogen-bond donors (Lipinski definition) is 2. The molecule has 2 N–H and O–H groups in total. The SMILES string of the molecule is [C-]#[N+]COc1cc(F)c(NS(=O)(=O)c2c[nH]c3cc(Cl)ccc23)cc1F. The number of aromatic amines is 1. The highest BCUT2D eigenvalue weighted by atomic mass is 35.5. The Morgan fingerprint density at radius 1 is 1.23 bits per heavy atom. The Hall–Kier alpha value is -2.83. The Bertz CT molecular complexity index is 1140. The zero-order valence-electron chi connectivity index (χ0n) is 12.9. The van der Waals surface area contributed by atoms with Crippen molar-refractivity contribution in [3.63, 3.8) is 0 Å². The minimum absolute atomic E-state index is 0.141. The van der Waals surface area contributed by atoms with Crippen LogP contribution in [-0.2, 0) is 10.0 Å². The summed E-state index contributed by atoms with van der Waals surface area (Å²) in [6.45, 7) is 6.09. The lowest BCUT2D eigenvalue weighted by atomic mass is 10.2. The van der Waals surface area contributed by atoms with Crippen molar-refractivity contribution in [1.29, 1.82) is 0 Å². The van der Waals surface area contributed by atoms with E-state index in [4.69, 9.17) is 22.9 Å². The summed E-state index contributed by atoms with van der Waals surface area (Å²) in [5.41, 5.74) is -0.103. The molecule has 0 saturated heterocycles. The van der Waals surface area contributed by atoms with Gasteiger partial charge in [-0.15, -0.1) is 0 Å². The molecule has 3 aromatic rings.